The number of nitriles is 2. The Morgan fingerprint density at radius 3 is 2.57 bits per heavy atom. The summed E-state index contributed by atoms with van der Waals surface area (Å²) in [5.41, 5.74) is 2.84. The largest absolute Gasteiger partial charge is 0.464 e. The van der Waals surface area contributed by atoms with Crippen molar-refractivity contribution in [3.8, 4) is 12.1 Å². The van der Waals surface area contributed by atoms with E-state index >= 15 is 0 Å². The van der Waals surface area contributed by atoms with E-state index in [-0.39, 0.29) is 11.6 Å². The van der Waals surface area contributed by atoms with Crippen LogP contribution in [0.2, 0.25) is 0 Å². The van der Waals surface area contributed by atoms with Crippen LogP contribution < -0.4 is 5.01 Å². The maximum atomic E-state index is 8.92. The molecule has 6 heteroatoms. The molecule has 5 nitrogen and oxygen atoms in total. The molecular formula is C22H16N4OS. The molecule has 0 saturated carbocycles. The normalized spacial score (nSPS) is 15.6. The average molecular weight is 384 g/mol. The first kappa shape index (κ1) is 17.8. The Kier molecular flexibility index (Phi) is 4.80. The molecule has 0 aliphatic carbocycles. The number of hydrogen-bond acceptors (Lipinski definition) is 6. The Labute approximate surface area is 167 Å². The van der Waals surface area contributed by atoms with E-state index in [0.29, 0.717) is 0 Å². The fraction of sp³-hybridized carbons (Fsp3) is 0.136. The maximum absolute atomic E-state index is 8.92. The minimum absolute atomic E-state index is 0.0130. The molecule has 2 aromatic heterocycles. The predicted molar refractivity (Wildman–Crippen MR) is 110 cm³/mol. The van der Waals surface area contributed by atoms with Gasteiger partial charge in [0.25, 0.3) is 0 Å². The van der Waals surface area contributed by atoms with E-state index in [2.05, 4.69) is 11.4 Å². The zero-order valence-corrected chi connectivity index (χ0v) is 16.0. The topological polar surface area (TPSA) is 76.3 Å². The highest BCUT2D eigenvalue weighted by atomic mass is 32.1. The second kappa shape index (κ2) is 7.56. The van der Waals surface area contributed by atoms with Crippen molar-refractivity contribution in [2.45, 2.75) is 19.4 Å². The quantitative estimate of drug-likeness (QED) is 0.562. The third-order valence-electron chi connectivity index (χ3n) is 4.52. The second-order valence-corrected chi connectivity index (χ2v) is 7.36. The lowest BCUT2D eigenvalue weighted by Crippen LogP contribution is -2.17. The van der Waals surface area contributed by atoms with Gasteiger partial charge in [-0.15, -0.1) is 11.3 Å². The molecule has 3 heterocycles. The molecule has 1 atom stereocenters. The first-order chi connectivity index (χ1) is 13.7. The van der Waals surface area contributed by atoms with Crippen molar-refractivity contribution in [1.82, 2.24) is 0 Å². The van der Waals surface area contributed by atoms with Gasteiger partial charge in [0.2, 0.25) is 0 Å². The third-order valence-corrected chi connectivity index (χ3v) is 5.43. The summed E-state index contributed by atoms with van der Waals surface area (Å²) in [5.74, 6) is 1.76. The molecule has 3 aromatic rings. The highest BCUT2D eigenvalue weighted by Crippen LogP contribution is 2.38. The van der Waals surface area contributed by atoms with Gasteiger partial charge in [-0.05, 0) is 54.3 Å². The van der Waals surface area contributed by atoms with E-state index in [0.717, 1.165) is 39.8 Å². The van der Waals surface area contributed by atoms with Crippen LogP contribution in [0.5, 0.6) is 0 Å². The van der Waals surface area contributed by atoms with Crippen molar-refractivity contribution in [3.63, 3.8) is 0 Å². The molecule has 0 amide bonds. The van der Waals surface area contributed by atoms with Crippen molar-refractivity contribution >= 4 is 28.8 Å². The lowest BCUT2D eigenvalue weighted by atomic mass is 10.1. The van der Waals surface area contributed by atoms with Gasteiger partial charge in [0, 0.05) is 6.42 Å². The molecule has 0 radical (unpaired) electrons. The lowest BCUT2D eigenvalue weighted by molar-refractivity contribution is 0.445. The van der Waals surface area contributed by atoms with Gasteiger partial charge in [0.05, 0.1) is 16.3 Å². The summed E-state index contributed by atoms with van der Waals surface area (Å²) in [5, 5.41) is 26.7. The van der Waals surface area contributed by atoms with Gasteiger partial charge in [0.15, 0.2) is 0 Å². The van der Waals surface area contributed by atoms with Crippen molar-refractivity contribution < 1.29 is 4.42 Å². The number of furan rings is 1. The third kappa shape index (κ3) is 3.46. The van der Waals surface area contributed by atoms with Crippen LogP contribution in [0.25, 0.3) is 6.08 Å². The van der Waals surface area contributed by atoms with Crippen LogP contribution in [0.1, 0.15) is 34.4 Å². The van der Waals surface area contributed by atoms with Gasteiger partial charge in [0.1, 0.15) is 35.3 Å². The molecule has 1 aliphatic heterocycles. The van der Waals surface area contributed by atoms with E-state index in [9.17, 15) is 0 Å². The smallest absolute Gasteiger partial charge is 0.130 e. The van der Waals surface area contributed by atoms with Gasteiger partial charge in [-0.1, -0.05) is 18.2 Å². The average Bonchev–Trinajstić information content (AvgIpc) is 3.46. The number of thiophene rings is 1. The fourth-order valence-corrected chi connectivity index (χ4v) is 3.89. The van der Waals surface area contributed by atoms with E-state index in [1.807, 2.05) is 66.5 Å². The number of nitrogens with zero attached hydrogens (tertiary/aromatic N) is 4. The number of aryl methyl sites for hydroxylation is 1. The zero-order chi connectivity index (χ0) is 19.5. The molecule has 1 aliphatic rings. The van der Waals surface area contributed by atoms with Crippen LogP contribution >= 0.6 is 11.3 Å². The first-order valence-corrected chi connectivity index (χ1v) is 9.65. The van der Waals surface area contributed by atoms with Crippen molar-refractivity contribution in [2.24, 2.45) is 5.10 Å². The summed E-state index contributed by atoms with van der Waals surface area (Å²) in [7, 11) is 0. The summed E-state index contributed by atoms with van der Waals surface area (Å²) in [6, 6.07) is 19.5. The molecule has 4 rings (SSSR count). The van der Waals surface area contributed by atoms with E-state index in [1.54, 1.807) is 17.4 Å². The molecule has 0 bridgehead atoms. The number of allylic oxidation sites excluding steroid dienone is 1. The summed E-state index contributed by atoms with van der Waals surface area (Å²) >= 11 is 1.68. The molecule has 136 valence electrons. The Hall–Kier alpha value is -3.61. The molecular weight excluding hydrogens is 368 g/mol. The highest BCUT2D eigenvalue weighted by molar-refractivity contribution is 7.12. The second-order valence-electron chi connectivity index (χ2n) is 6.41. The van der Waals surface area contributed by atoms with Crippen LogP contribution in [0, 0.1) is 29.6 Å². The number of rotatable bonds is 4. The first-order valence-electron chi connectivity index (χ1n) is 8.77. The van der Waals surface area contributed by atoms with Crippen LogP contribution in [-0.2, 0) is 0 Å². The monoisotopic (exact) mass is 384 g/mol. The van der Waals surface area contributed by atoms with Crippen LogP contribution in [0.15, 0.2) is 69.0 Å². The summed E-state index contributed by atoms with van der Waals surface area (Å²) < 4.78 is 5.90. The molecule has 0 unspecified atom stereocenters. The predicted octanol–water partition coefficient (Wildman–Crippen LogP) is 5.44. The van der Waals surface area contributed by atoms with E-state index in [4.69, 9.17) is 20.0 Å². The Morgan fingerprint density at radius 1 is 1.18 bits per heavy atom. The minimum Gasteiger partial charge on any atom is -0.464 e. The molecule has 0 N–H and O–H groups in total. The van der Waals surface area contributed by atoms with Crippen molar-refractivity contribution in [1.29, 1.82) is 10.5 Å². The van der Waals surface area contributed by atoms with Crippen molar-refractivity contribution in [2.75, 3.05) is 5.01 Å². The van der Waals surface area contributed by atoms with Gasteiger partial charge in [-0.25, -0.2) is 0 Å². The Balaban J connectivity index is 1.69. The molecule has 0 spiro atoms. The number of hydrazone groups is 1. The maximum Gasteiger partial charge on any atom is 0.130 e. The van der Waals surface area contributed by atoms with Crippen LogP contribution in [0.4, 0.5) is 5.69 Å². The summed E-state index contributed by atoms with van der Waals surface area (Å²) in [4.78, 5) is 1.16. The van der Waals surface area contributed by atoms with E-state index < -0.39 is 0 Å². The van der Waals surface area contributed by atoms with Crippen LogP contribution in [0.3, 0.4) is 0 Å². The SMILES string of the molecule is Cc1ccc([C@@H]2CC(c3cccs3)=NN2c2ccc(C=C(C#N)C#N)cc2)o1. The van der Waals surface area contributed by atoms with Crippen molar-refractivity contribution in [3.05, 3.63) is 81.4 Å². The number of benzene rings is 1. The van der Waals surface area contributed by atoms with Gasteiger partial charge >= 0.3 is 0 Å². The van der Waals surface area contributed by atoms with Gasteiger partial charge < -0.3 is 4.42 Å². The van der Waals surface area contributed by atoms with Crippen LogP contribution in [-0.4, -0.2) is 5.71 Å². The Bertz CT molecular complexity index is 1110. The lowest BCUT2D eigenvalue weighted by Gasteiger charge is -2.22. The molecule has 0 fully saturated rings. The minimum atomic E-state index is -0.0130. The summed E-state index contributed by atoms with van der Waals surface area (Å²) in [6.45, 7) is 1.94. The molecule has 1 aromatic carbocycles. The van der Waals surface area contributed by atoms with Gasteiger partial charge in [-0.2, -0.15) is 15.6 Å². The number of hydrogen-bond donors (Lipinski definition) is 0. The van der Waals surface area contributed by atoms with E-state index in [1.165, 1.54) is 0 Å². The zero-order valence-electron chi connectivity index (χ0n) is 15.2. The highest BCUT2D eigenvalue weighted by Gasteiger charge is 2.32. The molecule has 28 heavy (non-hydrogen) atoms. The fourth-order valence-electron chi connectivity index (χ4n) is 3.17. The standard InChI is InChI=1S/C22H16N4OS/c1-15-4-9-21(27-15)20-12-19(22-3-2-10-28-22)25-26(20)18-7-5-16(6-8-18)11-17(13-23)14-24/h2-11,20H,12H2,1H3/t20-/m0/s1. The van der Waals surface area contributed by atoms with Gasteiger partial charge in [-0.3, -0.25) is 5.01 Å². The summed E-state index contributed by atoms with van der Waals surface area (Å²) in [6.07, 6.45) is 2.34. The molecule has 0 saturated heterocycles. The number of anilines is 1. The Morgan fingerprint density at radius 2 is 1.96 bits per heavy atom.